The maximum absolute atomic E-state index is 11.1. The lowest BCUT2D eigenvalue weighted by atomic mass is 10.0. The van der Waals surface area contributed by atoms with E-state index in [1.54, 1.807) is 6.92 Å². The summed E-state index contributed by atoms with van der Waals surface area (Å²) in [7, 11) is 0. The molecule has 0 radical (unpaired) electrons. The number of hydrogen-bond acceptors (Lipinski definition) is 2. The van der Waals surface area contributed by atoms with Crippen molar-refractivity contribution in [1.82, 2.24) is 0 Å². The molecule has 1 fully saturated rings. The second-order valence-corrected chi connectivity index (χ2v) is 4.38. The summed E-state index contributed by atoms with van der Waals surface area (Å²) in [5.74, 6) is 0.958. The van der Waals surface area contributed by atoms with Gasteiger partial charge in [-0.1, -0.05) is 24.8 Å². The second kappa shape index (κ2) is 6.31. The van der Waals surface area contributed by atoms with Gasteiger partial charge in [0.2, 0.25) is 0 Å². The minimum absolute atomic E-state index is 0.319. The summed E-state index contributed by atoms with van der Waals surface area (Å²) >= 11 is 0. The van der Waals surface area contributed by atoms with Gasteiger partial charge in [-0.3, -0.25) is 0 Å². The Bertz CT molecular complexity index is 302. The van der Waals surface area contributed by atoms with Crippen molar-refractivity contribution in [2.75, 3.05) is 6.61 Å². The van der Waals surface area contributed by atoms with Gasteiger partial charge in [-0.05, 0) is 38.0 Å². The van der Waals surface area contributed by atoms with E-state index < -0.39 is 0 Å². The highest BCUT2D eigenvalue weighted by Crippen LogP contribution is 2.32. The molecule has 2 heteroatoms. The Morgan fingerprint density at radius 1 is 1.44 bits per heavy atom. The Morgan fingerprint density at radius 3 is 2.69 bits per heavy atom. The van der Waals surface area contributed by atoms with Gasteiger partial charge in [0, 0.05) is 5.57 Å². The van der Waals surface area contributed by atoms with Crippen LogP contribution < -0.4 is 0 Å². The molecule has 0 bridgehead atoms. The lowest BCUT2D eigenvalue weighted by Gasteiger charge is -2.03. The van der Waals surface area contributed by atoms with E-state index in [0.29, 0.717) is 24.0 Å². The number of allylic oxidation sites excluding steroid dienone is 2. The first-order valence-corrected chi connectivity index (χ1v) is 5.75. The van der Waals surface area contributed by atoms with Gasteiger partial charge in [0.25, 0.3) is 0 Å². The van der Waals surface area contributed by atoms with Crippen LogP contribution >= 0.6 is 0 Å². The van der Waals surface area contributed by atoms with E-state index in [0.717, 1.165) is 0 Å². The van der Waals surface area contributed by atoms with Crippen molar-refractivity contribution in [1.29, 1.82) is 0 Å². The van der Waals surface area contributed by atoms with Crippen LogP contribution in [0.5, 0.6) is 0 Å². The van der Waals surface area contributed by atoms with Gasteiger partial charge >= 0.3 is 5.97 Å². The number of ether oxygens (including phenoxy) is 1. The highest BCUT2D eigenvalue weighted by molar-refractivity contribution is 5.86. The smallest absolute Gasteiger partial charge is 0.333 e. The summed E-state index contributed by atoms with van der Waals surface area (Å²) < 4.78 is 4.97. The Balaban J connectivity index is 2.20. The van der Waals surface area contributed by atoms with Gasteiger partial charge in [0.1, 0.15) is 6.61 Å². The van der Waals surface area contributed by atoms with E-state index in [4.69, 9.17) is 4.74 Å². The summed E-state index contributed by atoms with van der Waals surface area (Å²) in [6.07, 6.45) is 9.72. The first-order chi connectivity index (χ1) is 7.63. The Morgan fingerprint density at radius 2 is 2.12 bits per heavy atom. The van der Waals surface area contributed by atoms with E-state index >= 15 is 0 Å². The predicted molar refractivity (Wildman–Crippen MR) is 65.9 cm³/mol. The third-order valence-corrected chi connectivity index (χ3v) is 2.91. The maximum atomic E-state index is 11.1. The molecule has 2 atom stereocenters. The standard InChI is InChI=1S/C14H20O2/c1-4-12-7-8-13(10-12)6-5-9-16-14(15)11(2)3/h4-6,12-13H,1-2,7-10H2,3H3. The van der Waals surface area contributed by atoms with Crippen molar-refractivity contribution in [3.05, 3.63) is 37.0 Å². The highest BCUT2D eigenvalue weighted by atomic mass is 16.5. The lowest BCUT2D eigenvalue weighted by Crippen LogP contribution is -2.04. The van der Waals surface area contributed by atoms with Crippen molar-refractivity contribution in [3.63, 3.8) is 0 Å². The monoisotopic (exact) mass is 220 g/mol. The van der Waals surface area contributed by atoms with Crippen LogP contribution in [-0.2, 0) is 9.53 Å². The number of rotatable bonds is 5. The molecular weight excluding hydrogens is 200 g/mol. The van der Waals surface area contributed by atoms with Gasteiger partial charge in [0.15, 0.2) is 0 Å². The van der Waals surface area contributed by atoms with Gasteiger partial charge in [-0.15, -0.1) is 6.58 Å². The van der Waals surface area contributed by atoms with Crippen LogP contribution in [0, 0.1) is 11.8 Å². The SMILES string of the molecule is C=CC1CCC(C=CCOC(=O)C(=C)C)C1. The molecule has 88 valence electrons. The third-order valence-electron chi connectivity index (χ3n) is 2.91. The molecule has 0 aromatic heterocycles. The van der Waals surface area contributed by atoms with Gasteiger partial charge in [0.05, 0.1) is 0 Å². The van der Waals surface area contributed by atoms with Crippen LogP contribution in [0.25, 0.3) is 0 Å². The fourth-order valence-electron chi connectivity index (χ4n) is 1.94. The van der Waals surface area contributed by atoms with Crippen LogP contribution in [0.15, 0.2) is 37.0 Å². The zero-order valence-electron chi connectivity index (χ0n) is 9.95. The van der Waals surface area contributed by atoms with E-state index in [1.807, 2.05) is 12.2 Å². The van der Waals surface area contributed by atoms with E-state index in [9.17, 15) is 4.79 Å². The van der Waals surface area contributed by atoms with Crippen LogP contribution in [0.4, 0.5) is 0 Å². The van der Waals surface area contributed by atoms with Crippen LogP contribution in [0.1, 0.15) is 26.2 Å². The van der Waals surface area contributed by atoms with Crippen molar-refractivity contribution in [2.45, 2.75) is 26.2 Å². The van der Waals surface area contributed by atoms with Crippen LogP contribution in [0.3, 0.4) is 0 Å². The maximum Gasteiger partial charge on any atom is 0.333 e. The molecule has 1 rings (SSSR count). The van der Waals surface area contributed by atoms with E-state index in [1.165, 1.54) is 19.3 Å². The highest BCUT2D eigenvalue weighted by Gasteiger charge is 2.19. The molecule has 0 amide bonds. The molecule has 1 aliphatic carbocycles. The number of carbonyl (C=O) groups is 1. The minimum Gasteiger partial charge on any atom is -0.458 e. The normalized spacial score (nSPS) is 24.6. The molecule has 16 heavy (non-hydrogen) atoms. The van der Waals surface area contributed by atoms with Gasteiger partial charge in [-0.25, -0.2) is 4.79 Å². The summed E-state index contributed by atoms with van der Waals surface area (Å²) in [5.41, 5.74) is 0.445. The molecular formula is C14H20O2. The zero-order valence-corrected chi connectivity index (χ0v) is 9.95. The molecule has 0 aliphatic heterocycles. The molecule has 0 N–H and O–H groups in total. The van der Waals surface area contributed by atoms with Crippen molar-refractivity contribution in [3.8, 4) is 0 Å². The summed E-state index contributed by atoms with van der Waals surface area (Å²) in [6.45, 7) is 9.33. The van der Waals surface area contributed by atoms with Gasteiger partial charge < -0.3 is 4.74 Å². The fourth-order valence-corrected chi connectivity index (χ4v) is 1.94. The molecule has 0 saturated heterocycles. The number of hydrogen-bond donors (Lipinski definition) is 0. The third kappa shape index (κ3) is 4.05. The van der Waals surface area contributed by atoms with Crippen LogP contribution in [0.2, 0.25) is 0 Å². The zero-order chi connectivity index (χ0) is 12.0. The first-order valence-electron chi connectivity index (χ1n) is 5.75. The first kappa shape index (κ1) is 12.8. The quantitative estimate of drug-likeness (QED) is 0.404. The second-order valence-electron chi connectivity index (χ2n) is 4.38. The number of carbonyl (C=O) groups excluding carboxylic acids is 1. The average Bonchev–Trinajstić information content (AvgIpc) is 2.71. The molecule has 2 unspecified atom stereocenters. The van der Waals surface area contributed by atoms with Crippen LogP contribution in [-0.4, -0.2) is 12.6 Å². The average molecular weight is 220 g/mol. The largest absolute Gasteiger partial charge is 0.458 e. The van der Waals surface area contributed by atoms with Crippen molar-refractivity contribution >= 4 is 5.97 Å². The van der Waals surface area contributed by atoms with E-state index in [-0.39, 0.29) is 5.97 Å². The molecule has 2 nitrogen and oxygen atoms in total. The van der Waals surface area contributed by atoms with Crippen molar-refractivity contribution in [2.24, 2.45) is 11.8 Å². The molecule has 0 aromatic carbocycles. The Hall–Kier alpha value is -1.31. The fraction of sp³-hybridized carbons (Fsp3) is 0.500. The predicted octanol–water partition coefficient (Wildman–Crippen LogP) is 3.26. The van der Waals surface area contributed by atoms with Crippen molar-refractivity contribution < 1.29 is 9.53 Å². The molecule has 0 heterocycles. The molecule has 0 aromatic rings. The molecule has 0 spiro atoms. The summed E-state index contributed by atoms with van der Waals surface area (Å²) in [4.78, 5) is 11.1. The van der Waals surface area contributed by atoms with Gasteiger partial charge in [-0.2, -0.15) is 0 Å². The Labute approximate surface area is 97.7 Å². The molecule has 1 aliphatic rings. The summed E-state index contributed by atoms with van der Waals surface area (Å²) in [5, 5.41) is 0. The minimum atomic E-state index is -0.319. The summed E-state index contributed by atoms with van der Waals surface area (Å²) in [6, 6.07) is 0. The van der Waals surface area contributed by atoms with E-state index in [2.05, 4.69) is 19.2 Å². The number of esters is 1. The topological polar surface area (TPSA) is 26.3 Å². The Kier molecular flexibility index (Phi) is 5.03. The lowest BCUT2D eigenvalue weighted by molar-refractivity contribution is -0.137. The molecule has 1 saturated carbocycles.